The summed E-state index contributed by atoms with van der Waals surface area (Å²) in [5.41, 5.74) is 4.10. The van der Waals surface area contributed by atoms with Crippen LogP contribution in [0.5, 0.6) is 5.75 Å². The van der Waals surface area contributed by atoms with Crippen LogP contribution in [0.1, 0.15) is 21.4 Å². The Kier molecular flexibility index (Phi) is 5.45. The molecule has 6 nitrogen and oxygen atoms in total. The molecule has 1 aliphatic heterocycles. The lowest BCUT2D eigenvalue weighted by Gasteiger charge is -2.24. The minimum absolute atomic E-state index is 0.133. The summed E-state index contributed by atoms with van der Waals surface area (Å²) in [6, 6.07) is 9.16. The molecule has 132 valence electrons. The first-order valence-corrected chi connectivity index (χ1v) is 9.95. The van der Waals surface area contributed by atoms with Crippen molar-refractivity contribution in [1.82, 2.24) is 15.0 Å². The summed E-state index contributed by atoms with van der Waals surface area (Å²) >= 11 is 8.24. The molecule has 0 spiro atoms. The van der Waals surface area contributed by atoms with Gasteiger partial charge in [0.2, 0.25) is 0 Å². The summed E-state index contributed by atoms with van der Waals surface area (Å²) in [6.07, 6.45) is 0. The monoisotopic (exact) mass is 487 g/mol. The summed E-state index contributed by atoms with van der Waals surface area (Å²) in [5.74, 6) is 0.583. The summed E-state index contributed by atoms with van der Waals surface area (Å²) < 4.78 is 8.39. The first-order chi connectivity index (χ1) is 11.9. The number of hydrogen-bond acceptors (Lipinski definition) is 4. The fourth-order valence-corrected chi connectivity index (χ4v) is 4.38. The zero-order chi connectivity index (χ0) is 18.1. The van der Waals surface area contributed by atoms with Gasteiger partial charge in [0.05, 0.1) is 21.9 Å². The number of ether oxygens (including phenoxy) is 1. The number of rotatable bonds is 4. The number of hydrogen-bond donors (Lipinski definition) is 1. The van der Waals surface area contributed by atoms with Crippen LogP contribution in [0.4, 0.5) is 0 Å². The minimum atomic E-state index is -0.344. The molecule has 1 aromatic carbocycles. The smallest absolute Gasteiger partial charge is 0.286 e. The second kappa shape index (κ2) is 7.43. The van der Waals surface area contributed by atoms with Crippen molar-refractivity contribution in [2.45, 2.75) is 5.37 Å². The topological polar surface area (TPSA) is 63.6 Å². The molecule has 2 heterocycles. The molecule has 1 N–H and O–H groups in total. The molecule has 2 amide bonds. The molecule has 1 saturated heterocycles. The highest BCUT2D eigenvalue weighted by Crippen LogP contribution is 2.38. The number of methoxy groups -OCH3 is 1. The molecule has 1 fully saturated rings. The molecule has 0 aliphatic carbocycles. The largest absolute Gasteiger partial charge is 0.497 e. The van der Waals surface area contributed by atoms with E-state index >= 15 is 0 Å². The SMILES string of the molecule is COc1ccc(C2SCC(=O)N2NC(=O)c2cc(Br)c(Br)n2C)cc1. The Labute approximate surface area is 166 Å². The van der Waals surface area contributed by atoms with Gasteiger partial charge in [0, 0.05) is 7.05 Å². The maximum atomic E-state index is 12.6. The van der Waals surface area contributed by atoms with Crippen molar-refractivity contribution in [2.75, 3.05) is 12.9 Å². The van der Waals surface area contributed by atoms with Crippen LogP contribution in [-0.2, 0) is 11.8 Å². The van der Waals surface area contributed by atoms with Crippen LogP contribution >= 0.6 is 43.6 Å². The van der Waals surface area contributed by atoms with E-state index in [2.05, 4.69) is 37.3 Å². The second-order valence-electron chi connectivity index (χ2n) is 5.37. The molecule has 0 radical (unpaired) electrons. The summed E-state index contributed by atoms with van der Waals surface area (Å²) in [4.78, 5) is 24.9. The Hall–Kier alpha value is -1.45. The molecule has 2 aromatic rings. The average molecular weight is 489 g/mol. The van der Waals surface area contributed by atoms with Gasteiger partial charge in [-0.05, 0) is 55.6 Å². The fraction of sp³-hybridized carbons (Fsp3) is 0.250. The van der Waals surface area contributed by atoms with Crippen molar-refractivity contribution in [2.24, 2.45) is 7.05 Å². The molecule has 1 atom stereocenters. The van der Waals surface area contributed by atoms with Crippen LogP contribution in [0.15, 0.2) is 39.4 Å². The van der Waals surface area contributed by atoms with Crippen molar-refractivity contribution in [3.63, 3.8) is 0 Å². The number of nitrogens with zero attached hydrogens (tertiary/aromatic N) is 2. The molecule has 1 aromatic heterocycles. The first-order valence-electron chi connectivity index (χ1n) is 7.31. The maximum Gasteiger partial charge on any atom is 0.286 e. The van der Waals surface area contributed by atoms with E-state index in [1.807, 2.05) is 24.3 Å². The third kappa shape index (κ3) is 3.58. The standard InChI is InChI=1S/C16H15Br2N3O3S/c1-20-12(7-11(17)14(20)18)15(23)19-21-13(22)8-25-16(21)9-3-5-10(24-2)6-4-9/h3-7,16H,8H2,1-2H3,(H,19,23). The highest BCUT2D eigenvalue weighted by atomic mass is 79.9. The molecule has 1 unspecified atom stereocenters. The molecule has 0 bridgehead atoms. The van der Waals surface area contributed by atoms with E-state index in [9.17, 15) is 9.59 Å². The lowest BCUT2D eigenvalue weighted by atomic mass is 10.2. The maximum absolute atomic E-state index is 12.6. The molecular weight excluding hydrogens is 474 g/mol. The van der Waals surface area contributed by atoms with Gasteiger partial charge in [-0.15, -0.1) is 11.8 Å². The van der Waals surface area contributed by atoms with E-state index < -0.39 is 0 Å². The van der Waals surface area contributed by atoms with Gasteiger partial charge in [0.25, 0.3) is 11.8 Å². The second-order valence-corrected chi connectivity index (χ2v) is 8.04. The lowest BCUT2D eigenvalue weighted by molar-refractivity contribution is -0.130. The number of amides is 2. The van der Waals surface area contributed by atoms with Crippen LogP contribution in [0, 0.1) is 0 Å². The predicted octanol–water partition coefficient (Wildman–Crippen LogP) is 3.48. The van der Waals surface area contributed by atoms with Gasteiger partial charge in [-0.25, -0.2) is 5.01 Å². The molecule has 9 heteroatoms. The van der Waals surface area contributed by atoms with E-state index in [1.165, 1.54) is 16.8 Å². The number of nitrogens with one attached hydrogen (secondary N) is 1. The van der Waals surface area contributed by atoms with Gasteiger partial charge in [-0.1, -0.05) is 12.1 Å². The molecule has 1 aliphatic rings. The van der Waals surface area contributed by atoms with Gasteiger partial charge in [0.1, 0.15) is 16.8 Å². The Bertz CT molecular complexity index is 823. The molecule has 25 heavy (non-hydrogen) atoms. The number of halogens is 2. The Morgan fingerprint density at radius 1 is 1.32 bits per heavy atom. The van der Waals surface area contributed by atoms with Crippen molar-refractivity contribution in [1.29, 1.82) is 0 Å². The summed E-state index contributed by atoms with van der Waals surface area (Å²) in [7, 11) is 3.37. The predicted molar refractivity (Wildman–Crippen MR) is 103 cm³/mol. The van der Waals surface area contributed by atoms with Gasteiger partial charge in [-0.2, -0.15) is 0 Å². The molecule has 0 saturated carbocycles. The van der Waals surface area contributed by atoms with E-state index in [-0.39, 0.29) is 17.2 Å². The van der Waals surface area contributed by atoms with Crippen molar-refractivity contribution < 1.29 is 14.3 Å². The first kappa shape index (κ1) is 18.3. The average Bonchev–Trinajstić information content (AvgIpc) is 3.10. The van der Waals surface area contributed by atoms with E-state index in [4.69, 9.17) is 4.74 Å². The molecular formula is C16H15Br2N3O3S. The summed E-state index contributed by atoms with van der Waals surface area (Å²) in [5, 5.41) is 1.12. The van der Waals surface area contributed by atoms with E-state index in [0.717, 1.165) is 20.4 Å². The van der Waals surface area contributed by atoms with Gasteiger partial charge < -0.3 is 9.30 Å². The summed E-state index contributed by atoms with van der Waals surface area (Å²) in [6.45, 7) is 0. The fourth-order valence-electron chi connectivity index (χ4n) is 2.49. The minimum Gasteiger partial charge on any atom is -0.497 e. The zero-order valence-electron chi connectivity index (χ0n) is 13.5. The van der Waals surface area contributed by atoms with E-state index in [0.29, 0.717) is 11.4 Å². The normalized spacial score (nSPS) is 17.0. The highest BCUT2D eigenvalue weighted by molar-refractivity contribution is 9.13. The van der Waals surface area contributed by atoms with Crippen LogP contribution in [0.25, 0.3) is 0 Å². The third-order valence-corrected chi connectivity index (χ3v) is 7.15. The van der Waals surface area contributed by atoms with Crippen LogP contribution in [0.2, 0.25) is 0 Å². The van der Waals surface area contributed by atoms with Crippen LogP contribution in [0.3, 0.4) is 0 Å². The van der Waals surface area contributed by atoms with Crippen molar-refractivity contribution >= 4 is 55.4 Å². The lowest BCUT2D eigenvalue weighted by Crippen LogP contribution is -2.45. The Morgan fingerprint density at radius 2 is 2.00 bits per heavy atom. The number of benzene rings is 1. The van der Waals surface area contributed by atoms with Gasteiger partial charge in [-0.3, -0.25) is 15.0 Å². The van der Waals surface area contributed by atoms with Crippen LogP contribution in [-0.4, -0.2) is 34.3 Å². The van der Waals surface area contributed by atoms with Gasteiger partial charge >= 0.3 is 0 Å². The highest BCUT2D eigenvalue weighted by Gasteiger charge is 2.35. The Morgan fingerprint density at radius 3 is 2.56 bits per heavy atom. The van der Waals surface area contributed by atoms with Crippen LogP contribution < -0.4 is 10.2 Å². The van der Waals surface area contributed by atoms with E-state index in [1.54, 1.807) is 24.8 Å². The van der Waals surface area contributed by atoms with Gasteiger partial charge in [0.15, 0.2) is 0 Å². The third-order valence-electron chi connectivity index (χ3n) is 3.84. The zero-order valence-corrected chi connectivity index (χ0v) is 17.4. The number of carbonyl (C=O) groups excluding carboxylic acids is 2. The quantitative estimate of drug-likeness (QED) is 0.715. The van der Waals surface area contributed by atoms with Crippen molar-refractivity contribution in [3.8, 4) is 5.75 Å². The Balaban J connectivity index is 1.82. The number of carbonyl (C=O) groups is 2. The van der Waals surface area contributed by atoms with Crippen molar-refractivity contribution in [3.05, 3.63) is 50.7 Å². The molecule has 3 rings (SSSR count). The number of thioether (sulfide) groups is 1. The number of aromatic nitrogens is 1. The number of hydrazine groups is 1.